The van der Waals surface area contributed by atoms with Gasteiger partial charge in [-0.3, -0.25) is 0 Å². The minimum Gasteiger partial charge on any atom is -0.452 e. The van der Waals surface area contributed by atoms with Gasteiger partial charge in [-0.05, 0) is 26.3 Å². The SMILES string of the molecule is C[C@H]1O[C@@]2(C)[C@@H](OCc3ccccc3)[C@]1(C)OC(=O)[C@@H]2O. The monoisotopic (exact) mass is 292 g/mol. The fraction of sp³-hybridized carbons (Fsp3) is 0.562. The van der Waals surface area contributed by atoms with Gasteiger partial charge in [-0.1, -0.05) is 30.3 Å². The van der Waals surface area contributed by atoms with E-state index in [1.807, 2.05) is 37.3 Å². The quantitative estimate of drug-likeness (QED) is 0.854. The minimum absolute atomic E-state index is 0.343. The molecule has 0 unspecified atom stereocenters. The lowest BCUT2D eigenvalue weighted by Crippen LogP contribution is -2.64. The molecule has 2 bridgehead atoms. The third-order valence-corrected chi connectivity index (χ3v) is 4.63. The van der Waals surface area contributed by atoms with Gasteiger partial charge in [0.15, 0.2) is 11.7 Å². The molecule has 21 heavy (non-hydrogen) atoms. The maximum Gasteiger partial charge on any atom is 0.338 e. The van der Waals surface area contributed by atoms with Crippen molar-refractivity contribution in [3.63, 3.8) is 0 Å². The summed E-state index contributed by atoms with van der Waals surface area (Å²) in [6.45, 7) is 5.70. The van der Waals surface area contributed by atoms with Gasteiger partial charge >= 0.3 is 5.97 Å². The number of fused-ring (bicyclic) bond motifs is 2. The highest BCUT2D eigenvalue weighted by Gasteiger charge is 2.69. The second-order valence-electron chi connectivity index (χ2n) is 6.13. The van der Waals surface area contributed by atoms with E-state index in [9.17, 15) is 9.90 Å². The molecule has 1 N–H and O–H groups in total. The van der Waals surface area contributed by atoms with Crippen LogP contribution in [0.4, 0.5) is 0 Å². The van der Waals surface area contributed by atoms with Crippen molar-refractivity contribution in [2.75, 3.05) is 0 Å². The smallest absolute Gasteiger partial charge is 0.338 e. The van der Waals surface area contributed by atoms with Crippen LogP contribution in [0.1, 0.15) is 26.3 Å². The number of benzene rings is 1. The van der Waals surface area contributed by atoms with Crippen molar-refractivity contribution < 1.29 is 24.1 Å². The average Bonchev–Trinajstić information content (AvgIpc) is 2.61. The van der Waals surface area contributed by atoms with Crippen molar-refractivity contribution in [3.8, 4) is 0 Å². The molecular formula is C16H20O5. The molecule has 0 aliphatic carbocycles. The standard InChI is InChI=1S/C16H20O5/c1-10-15(2)14(19-9-11-7-5-4-6-8-11)16(3,20-10)12(17)13(18)21-15/h4-8,10,12,14,17H,9H2,1-3H3/t10-,12+,14+,15-,16-/m1/s1. The van der Waals surface area contributed by atoms with Gasteiger partial charge in [-0.15, -0.1) is 0 Å². The predicted octanol–water partition coefficient (Wildman–Crippen LogP) is 1.43. The predicted molar refractivity (Wildman–Crippen MR) is 74.5 cm³/mol. The maximum absolute atomic E-state index is 11.8. The van der Waals surface area contributed by atoms with E-state index in [0.717, 1.165) is 5.56 Å². The Labute approximate surface area is 123 Å². The van der Waals surface area contributed by atoms with E-state index in [0.29, 0.717) is 6.61 Å². The number of carbonyl (C=O) groups excluding carboxylic acids is 1. The molecule has 0 aromatic heterocycles. The number of aliphatic hydroxyl groups excluding tert-OH is 1. The van der Waals surface area contributed by atoms with Crippen molar-refractivity contribution in [2.24, 2.45) is 0 Å². The van der Waals surface area contributed by atoms with Crippen LogP contribution in [0.25, 0.3) is 0 Å². The molecule has 5 heteroatoms. The Hall–Kier alpha value is -1.43. The third kappa shape index (κ3) is 2.08. The average molecular weight is 292 g/mol. The number of rotatable bonds is 3. The van der Waals surface area contributed by atoms with Crippen LogP contribution in [0.5, 0.6) is 0 Å². The molecule has 0 amide bonds. The van der Waals surface area contributed by atoms with Crippen LogP contribution < -0.4 is 0 Å². The summed E-state index contributed by atoms with van der Waals surface area (Å²) in [7, 11) is 0. The topological polar surface area (TPSA) is 65.0 Å². The molecule has 1 aromatic rings. The molecule has 2 fully saturated rings. The number of esters is 1. The first-order chi connectivity index (χ1) is 9.88. The molecule has 1 aromatic carbocycles. The summed E-state index contributed by atoms with van der Waals surface area (Å²) in [4.78, 5) is 11.8. The Balaban J connectivity index is 1.85. The highest BCUT2D eigenvalue weighted by molar-refractivity contribution is 5.78. The first-order valence-electron chi connectivity index (χ1n) is 7.12. The molecule has 0 spiro atoms. The second kappa shape index (κ2) is 4.80. The summed E-state index contributed by atoms with van der Waals surface area (Å²) in [6, 6.07) is 9.73. The number of aliphatic hydroxyl groups is 1. The first-order valence-corrected chi connectivity index (χ1v) is 7.12. The number of ether oxygens (including phenoxy) is 3. The van der Waals surface area contributed by atoms with Crippen molar-refractivity contribution in [3.05, 3.63) is 35.9 Å². The summed E-state index contributed by atoms with van der Waals surface area (Å²) >= 11 is 0. The summed E-state index contributed by atoms with van der Waals surface area (Å²) in [5, 5.41) is 10.1. The Morgan fingerprint density at radius 1 is 1.24 bits per heavy atom. The summed E-state index contributed by atoms with van der Waals surface area (Å²) < 4.78 is 17.2. The van der Waals surface area contributed by atoms with Crippen LogP contribution in [0.3, 0.4) is 0 Å². The zero-order valence-electron chi connectivity index (χ0n) is 12.4. The van der Waals surface area contributed by atoms with Gasteiger partial charge in [-0.2, -0.15) is 0 Å². The van der Waals surface area contributed by atoms with E-state index in [1.165, 1.54) is 0 Å². The van der Waals surface area contributed by atoms with Gasteiger partial charge in [-0.25, -0.2) is 4.79 Å². The van der Waals surface area contributed by atoms with Crippen LogP contribution in [0.15, 0.2) is 30.3 Å². The highest BCUT2D eigenvalue weighted by atomic mass is 16.7. The molecule has 2 aliphatic rings. The van der Waals surface area contributed by atoms with Crippen LogP contribution in [0.2, 0.25) is 0 Å². The summed E-state index contributed by atoms with van der Waals surface area (Å²) in [6.07, 6.45) is -2.20. The number of hydrogen-bond acceptors (Lipinski definition) is 5. The largest absolute Gasteiger partial charge is 0.452 e. The van der Waals surface area contributed by atoms with Crippen LogP contribution >= 0.6 is 0 Å². The number of carbonyl (C=O) groups is 1. The van der Waals surface area contributed by atoms with Crippen LogP contribution in [0, 0.1) is 0 Å². The zero-order chi connectivity index (χ0) is 15.3. The van der Waals surface area contributed by atoms with E-state index in [1.54, 1.807) is 13.8 Å². The molecule has 0 saturated carbocycles. The Kier molecular flexibility index (Phi) is 3.31. The van der Waals surface area contributed by atoms with E-state index in [-0.39, 0.29) is 6.10 Å². The van der Waals surface area contributed by atoms with Gasteiger partial charge in [0.05, 0.1) is 12.7 Å². The van der Waals surface area contributed by atoms with E-state index in [4.69, 9.17) is 14.2 Å². The minimum atomic E-state index is -1.34. The van der Waals surface area contributed by atoms with Gasteiger partial charge in [0.2, 0.25) is 0 Å². The molecule has 2 aliphatic heterocycles. The van der Waals surface area contributed by atoms with E-state index < -0.39 is 29.4 Å². The lowest BCUT2D eigenvalue weighted by molar-refractivity contribution is -0.222. The normalized spacial score (nSPS) is 41.9. The van der Waals surface area contributed by atoms with Crippen LogP contribution in [-0.2, 0) is 25.6 Å². The lowest BCUT2D eigenvalue weighted by Gasteiger charge is -2.43. The molecule has 5 nitrogen and oxygen atoms in total. The van der Waals surface area contributed by atoms with Gasteiger partial charge in [0, 0.05) is 0 Å². The van der Waals surface area contributed by atoms with Gasteiger partial charge in [0.1, 0.15) is 11.7 Å². The zero-order valence-corrected chi connectivity index (χ0v) is 12.4. The van der Waals surface area contributed by atoms with Crippen molar-refractivity contribution in [1.29, 1.82) is 0 Å². The van der Waals surface area contributed by atoms with E-state index in [2.05, 4.69) is 0 Å². The molecular weight excluding hydrogens is 272 g/mol. The molecule has 2 saturated heterocycles. The fourth-order valence-electron chi connectivity index (χ4n) is 3.28. The lowest BCUT2D eigenvalue weighted by atomic mass is 9.80. The second-order valence-corrected chi connectivity index (χ2v) is 6.13. The molecule has 114 valence electrons. The Bertz CT molecular complexity index is 545. The van der Waals surface area contributed by atoms with Crippen molar-refractivity contribution >= 4 is 5.97 Å². The van der Waals surface area contributed by atoms with Crippen molar-refractivity contribution in [2.45, 2.75) is 56.9 Å². The maximum atomic E-state index is 11.8. The van der Waals surface area contributed by atoms with E-state index >= 15 is 0 Å². The van der Waals surface area contributed by atoms with Crippen LogP contribution in [-0.4, -0.2) is 40.6 Å². The van der Waals surface area contributed by atoms with Gasteiger partial charge in [0.25, 0.3) is 0 Å². The number of hydrogen-bond donors (Lipinski definition) is 1. The molecule has 5 atom stereocenters. The Morgan fingerprint density at radius 3 is 2.57 bits per heavy atom. The van der Waals surface area contributed by atoms with Gasteiger partial charge < -0.3 is 19.3 Å². The molecule has 2 heterocycles. The highest BCUT2D eigenvalue weighted by Crippen LogP contribution is 2.48. The van der Waals surface area contributed by atoms with Crippen molar-refractivity contribution in [1.82, 2.24) is 0 Å². The molecule has 0 radical (unpaired) electrons. The first kappa shape index (κ1) is 14.5. The summed E-state index contributed by atoms with van der Waals surface area (Å²) in [5.41, 5.74) is -0.957. The molecule has 3 rings (SSSR count). The fourth-order valence-corrected chi connectivity index (χ4v) is 3.28. The third-order valence-electron chi connectivity index (χ3n) is 4.63. The Morgan fingerprint density at radius 2 is 1.90 bits per heavy atom. The summed E-state index contributed by atoms with van der Waals surface area (Å²) in [5.74, 6) is -0.649.